The number of aromatic nitrogens is 6. The fourth-order valence-electron chi connectivity index (χ4n) is 4.56. The molecule has 11 heteroatoms. The van der Waals surface area contributed by atoms with Gasteiger partial charge in [0.2, 0.25) is 5.82 Å². The van der Waals surface area contributed by atoms with Crippen LogP contribution >= 0.6 is 0 Å². The first-order valence-electron chi connectivity index (χ1n) is 12.2. The van der Waals surface area contributed by atoms with E-state index in [0.29, 0.717) is 36.8 Å². The Kier molecular flexibility index (Phi) is 6.01. The van der Waals surface area contributed by atoms with E-state index < -0.39 is 0 Å². The Morgan fingerprint density at radius 3 is 2.43 bits per heavy atom. The van der Waals surface area contributed by atoms with Gasteiger partial charge in [-0.3, -0.25) is 14.7 Å². The Bertz CT molecular complexity index is 1480. The molecule has 10 nitrogen and oxygen atoms in total. The number of carbonyl (C=O) groups is 2. The third-order valence-corrected chi connectivity index (χ3v) is 6.56. The molecule has 0 aliphatic carbocycles. The normalized spacial score (nSPS) is 16.4. The average molecular weight is 505 g/mol. The summed E-state index contributed by atoms with van der Waals surface area (Å²) in [5, 5.41) is 11.3. The van der Waals surface area contributed by atoms with Crippen molar-refractivity contribution in [1.82, 2.24) is 39.6 Å². The minimum Gasteiger partial charge on any atom is -0.332 e. The van der Waals surface area contributed by atoms with Gasteiger partial charge in [-0.25, -0.2) is 18.9 Å². The molecule has 3 aromatic heterocycles. The van der Waals surface area contributed by atoms with Crippen LogP contribution in [0.3, 0.4) is 0 Å². The highest BCUT2D eigenvalue weighted by atomic mass is 19.1. The molecule has 1 aliphatic rings. The van der Waals surface area contributed by atoms with E-state index in [2.05, 4.69) is 46.0 Å². The minimum atomic E-state index is -0.317. The standard InChI is InChI=1S/C26H29FN8O2/c1-15-13-33(25(37)22-28-16(2)30-31-22)10-11-34(15)24(36)21-14-35-23(29-21)19(26(3,4)5)12-20(32-35)17-6-8-18(27)9-7-17/h6-9,12,14-15H,10-11,13H2,1-5H3,(H,28,30,31). The van der Waals surface area contributed by atoms with Crippen molar-refractivity contribution in [3.8, 4) is 11.3 Å². The van der Waals surface area contributed by atoms with Crippen molar-refractivity contribution in [2.75, 3.05) is 19.6 Å². The van der Waals surface area contributed by atoms with Gasteiger partial charge in [-0.1, -0.05) is 20.8 Å². The van der Waals surface area contributed by atoms with Crippen LogP contribution in [0, 0.1) is 12.7 Å². The SMILES string of the molecule is Cc1nc(C(=O)N2CCN(C(=O)c3cn4nc(-c5ccc(F)cc5)cc(C(C)(C)C)c4n3)C(C)C2)n[nH]1. The Balaban J connectivity index is 1.43. The van der Waals surface area contributed by atoms with Crippen LogP contribution in [0.15, 0.2) is 36.5 Å². The van der Waals surface area contributed by atoms with Crippen molar-refractivity contribution in [2.24, 2.45) is 0 Å². The number of amides is 2. The highest BCUT2D eigenvalue weighted by Crippen LogP contribution is 2.30. The molecule has 2 amide bonds. The van der Waals surface area contributed by atoms with Gasteiger partial charge in [-0.2, -0.15) is 5.10 Å². The largest absolute Gasteiger partial charge is 0.332 e. The first kappa shape index (κ1) is 24.5. The fraction of sp³-hybridized carbons (Fsp3) is 0.385. The summed E-state index contributed by atoms with van der Waals surface area (Å²) in [5.74, 6) is -0.0982. The van der Waals surface area contributed by atoms with Crippen molar-refractivity contribution >= 4 is 17.5 Å². The number of hydrogen-bond acceptors (Lipinski definition) is 6. The lowest BCUT2D eigenvalue weighted by molar-refractivity contribution is 0.0405. The van der Waals surface area contributed by atoms with E-state index >= 15 is 0 Å². The summed E-state index contributed by atoms with van der Waals surface area (Å²) in [6.45, 7) is 11.0. The van der Waals surface area contributed by atoms with Crippen molar-refractivity contribution in [1.29, 1.82) is 0 Å². The van der Waals surface area contributed by atoms with E-state index in [-0.39, 0.29) is 40.6 Å². The van der Waals surface area contributed by atoms with Gasteiger partial charge >= 0.3 is 0 Å². The predicted octanol–water partition coefficient (Wildman–Crippen LogP) is 3.25. The molecule has 0 bridgehead atoms. The zero-order chi connectivity index (χ0) is 26.5. The van der Waals surface area contributed by atoms with E-state index in [1.165, 1.54) is 12.1 Å². The second kappa shape index (κ2) is 9.06. The second-order valence-electron chi connectivity index (χ2n) is 10.4. The first-order chi connectivity index (χ1) is 17.5. The molecule has 1 aliphatic heterocycles. The number of nitrogens with one attached hydrogen (secondary N) is 1. The predicted molar refractivity (Wildman–Crippen MR) is 135 cm³/mol. The zero-order valence-electron chi connectivity index (χ0n) is 21.5. The van der Waals surface area contributed by atoms with Gasteiger partial charge in [0.25, 0.3) is 11.8 Å². The molecule has 37 heavy (non-hydrogen) atoms. The maximum Gasteiger partial charge on any atom is 0.293 e. The third-order valence-electron chi connectivity index (χ3n) is 6.56. The van der Waals surface area contributed by atoms with Crippen LogP contribution in [0.25, 0.3) is 16.9 Å². The molecular weight excluding hydrogens is 475 g/mol. The van der Waals surface area contributed by atoms with Crippen LogP contribution < -0.4 is 0 Å². The lowest BCUT2D eigenvalue weighted by Gasteiger charge is -2.39. The number of aromatic amines is 1. The minimum absolute atomic E-state index is 0.127. The van der Waals surface area contributed by atoms with Crippen LogP contribution in [0.2, 0.25) is 0 Å². The summed E-state index contributed by atoms with van der Waals surface area (Å²) < 4.78 is 15.1. The summed E-state index contributed by atoms with van der Waals surface area (Å²) in [6.07, 6.45) is 1.64. The lowest BCUT2D eigenvalue weighted by Crippen LogP contribution is -2.55. The molecule has 0 radical (unpaired) electrons. The summed E-state index contributed by atoms with van der Waals surface area (Å²) in [4.78, 5) is 38.5. The molecule has 1 aromatic carbocycles. The fourth-order valence-corrected chi connectivity index (χ4v) is 4.56. The molecule has 0 spiro atoms. The molecule has 1 fully saturated rings. The Hall–Kier alpha value is -4.15. The molecule has 1 atom stereocenters. The number of carbonyl (C=O) groups excluding carboxylic acids is 2. The summed E-state index contributed by atoms with van der Waals surface area (Å²) in [5.41, 5.74) is 2.96. The van der Waals surface area contributed by atoms with Crippen LogP contribution in [0.5, 0.6) is 0 Å². The Labute approximate surface area is 213 Å². The van der Waals surface area contributed by atoms with Crippen molar-refractivity contribution in [2.45, 2.75) is 46.1 Å². The number of nitrogens with zero attached hydrogens (tertiary/aromatic N) is 7. The average Bonchev–Trinajstić information content (AvgIpc) is 3.48. The first-order valence-corrected chi connectivity index (χ1v) is 12.2. The molecule has 4 aromatic rings. The van der Waals surface area contributed by atoms with Gasteiger partial charge < -0.3 is 9.80 Å². The number of fused-ring (bicyclic) bond motifs is 1. The van der Waals surface area contributed by atoms with Crippen LogP contribution in [0.4, 0.5) is 4.39 Å². The number of aryl methyl sites for hydroxylation is 1. The quantitative estimate of drug-likeness (QED) is 0.458. The molecule has 1 saturated heterocycles. The van der Waals surface area contributed by atoms with E-state index in [4.69, 9.17) is 0 Å². The highest BCUT2D eigenvalue weighted by molar-refractivity contribution is 5.94. The topological polar surface area (TPSA) is 112 Å². The number of imidazole rings is 1. The van der Waals surface area contributed by atoms with E-state index in [1.54, 1.807) is 39.6 Å². The van der Waals surface area contributed by atoms with Crippen molar-refractivity contribution < 1.29 is 14.0 Å². The highest BCUT2D eigenvalue weighted by Gasteiger charge is 2.33. The molecule has 4 heterocycles. The van der Waals surface area contributed by atoms with Gasteiger partial charge in [0.1, 0.15) is 17.3 Å². The maximum absolute atomic E-state index is 13.5. The molecule has 0 saturated carbocycles. The second-order valence-corrected chi connectivity index (χ2v) is 10.4. The molecule has 5 rings (SSSR count). The smallest absolute Gasteiger partial charge is 0.293 e. The van der Waals surface area contributed by atoms with Gasteiger partial charge in [0, 0.05) is 36.8 Å². The lowest BCUT2D eigenvalue weighted by atomic mass is 9.87. The third kappa shape index (κ3) is 4.68. The van der Waals surface area contributed by atoms with Gasteiger partial charge in [-0.05, 0) is 49.6 Å². The molecule has 192 valence electrons. The van der Waals surface area contributed by atoms with E-state index in [9.17, 15) is 14.0 Å². The number of halogens is 1. The van der Waals surface area contributed by atoms with Crippen molar-refractivity contribution in [3.63, 3.8) is 0 Å². The van der Waals surface area contributed by atoms with Gasteiger partial charge in [0.15, 0.2) is 5.65 Å². The number of piperazine rings is 1. The zero-order valence-corrected chi connectivity index (χ0v) is 21.5. The number of rotatable bonds is 3. The molecule has 1 N–H and O–H groups in total. The van der Waals surface area contributed by atoms with Crippen LogP contribution in [-0.2, 0) is 5.41 Å². The molecule has 1 unspecified atom stereocenters. The van der Waals surface area contributed by atoms with Gasteiger partial charge in [0.05, 0.1) is 11.9 Å². The van der Waals surface area contributed by atoms with E-state index in [0.717, 1.165) is 11.1 Å². The van der Waals surface area contributed by atoms with E-state index in [1.807, 2.05) is 13.0 Å². The summed E-state index contributed by atoms with van der Waals surface area (Å²) in [7, 11) is 0. The maximum atomic E-state index is 13.5. The number of H-pyrrole nitrogens is 1. The van der Waals surface area contributed by atoms with Gasteiger partial charge in [-0.15, -0.1) is 5.10 Å². The summed E-state index contributed by atoms with van der Waals surface area (Å²) in [6, 6.07) is 7.88. The molecular formula is C26H29FN8O2. The van der Waals surface area contributed by atoms with Crippen molar-refractivity contribution in [3.05, 3.63) is 65.3 Å². The number of benzene rings is 1. The number of hydrogen-bond donors (Lipinski definition) is 1. The summed E-state index contributed by atoms with van der Waals surface area (Å²) >= 11 is 0. The van der Waals surface area contributed by atoms with Crippen LogP contribution in [-0.4, -0.2) is 77.1 Å². The monoisotopic (exact) mass is 504 g/mol. The Morgan fingerprint density at radius 1 is 1.08 bits per heavy atom. The van der Waals surface area contributed by atoms with Crippen LogP contribution in [0.1, 0.15) is 60.2 Å². The Morgan fingerprint density at radius 2 is 1.81 bits per heavy atom.